The Labute approximate surface area is 197 Å². The fourth-order valence-corrected chi connectivity index (χ4v) is 5.32. The van der Waals surface area contributed by atoms with Gasteiger partial charge in [0.2, 0.25) is 11.8 Å². The highest BCUT2D eigenvalue weighted by atomic mass is 79.9. The summed E-state index contributed by atoms with van der Waals surface area (Å²) < 4.78 is 6.08. The van der Waals surface area contributed by atoms with Crippen molar-refractivity contribution < 1.29 is 34.1 Å². The Morgan fingerprint density at radius 3 is 2.45 bits per heavy atom. The molecule has 4 atom stereocenters. The topological polar surface area (TPSA) is 133 Å². The first-order chi connectivity index (χ1) is 15.6. The molecule has 4 rings (SSSR count). The number of aliphatic carboxylic acids is 2. The predicted octanol–water partition coefficient (Wildman–Crippen LogP) is 2.51. The second-order valence-corrected chi connectivity index (χ2v) is 9.07. The Kier molecular flexibility index (Phi) is 5.75. The smallest absolute Gasteiger partial charge is 0.325 e. The van der Waals surface area contributed by atoms with Gasteiger partial charge in [-0.15, -0.1) is 0 Å². The van der Waals surface area contributed by atoms with E-state index in [-0.39, 0.29) is 0 Å². The third kappa shape index (κ3) is 3.50. The average Bonchev–Trinajstić information content (AvgIpc) is 3.23. The summed E-state index contributed by atoms with van der Waals surface area (Å²) >= 11 is 3.37. The number of aryl methyl sites for hydroxylation is 1. The first kappa shape index (κ1) is 22.9. The number of methoxy groups -OCH3 is 1. The van der Waals surface area contributed by atoms with Crippen LogP contribution in [0.25, 0.3) is 0 Å². The summed E-state index contributed by atoms with van der Waals surface area (Å²) in [5.74, 6) is -6.44. The van der Waals surface area contributed by atoms with Gasteiger partial charge in [0.05, 0.1) is 31.1 Å². The van der Waals surface area contributed by atoms with E-state index in [9.17, 15) is 29.4 Å². The first-order valence-corrected chi connectivity index (χ1v) is 10.9. The minimum atomic E-state index is -2.18. The van der Waals surface area contributed by atoms with Crippen molar-refractivity contribution in [3.63, 3.8) is 0 Å². The lowest BCUT2D eigenvalue weighted by molar-refractivity contribution is -0.154. The molecular formula is C23H21BrN2O7. The molecule has 0 aromatic heterocycles. The van der Waals surface area contributed by atoms with Crippen molar-refractivity contribution in [1.29, 1.82) is 0 Å². The van der Waals surface area contributed by atoms with Gasteiger partial charge < -0.3 is 14.9 Å². The fourth-order valence-electron chi connectivity index (χ4n) is 4.94. The summed E-state index contributed by atoms with van der Waals surface area (Å²) in [7, 11) is 1.43. The van der Waals surface area contributed by atoms with E-state index in [0.29, 0.717) is 27.0 Å². The standard InChI is InChI=1S/C23H21BrN2O7/c1-11-5-3-4-6-14(11)26-20(29)17-18(21(26)30)23(22(31)32,10-16(27)28)25-19(17)13-9-12(24)7-8-15(13)33-2/h3-9,17-19,25H,10H2,1-2H3,(H,27,28)(H,31,32). The number of halogens is 1. The second kappa shape index (κ2) is 8.27. The fraction of sp³-hybridized carbons (Fsp3) is 0.304. The van der Waals surface area contributed by atoms with Crippen LogP contribution in [0.15, 0.2) is 46.9 Å². The van der Waals surface area contributed by atoms with Crippen molar-refractivity contribution in [2.24, 2.45) is 11.8 Å². The zero-order valence-electron chi connectivity index (χ0n) is 17.7. The molecule has 0 radical (unpaired) electrons. The summed E-state index contributed by atoms with van der Waals surface area (Å²) in [5.41, 5.74) is -0.735. The van der Waals surface area contributed by atoms with Crippen LogP contribution in [0.2, 0.25) is 0 Å². The summed E-state index contributed by atoms with van der Waals surface area (Å²) in [6.45, 7) is 1.73. The molecule has 4 unspecified atom stereocenters. The third-order valence-electron chi connectivity index (χ3n) is 6.35. The number of para-hydroxylation sites is 1. The Morgan fingerprint density at radius 2 is 1.85 bits per heavy atom. The van der Waals surface area contributed by atoms with Crippen LogP contribution < -0.4 is 15.0 Å². The number of hydrogen-bond donors (Lipinski definition) is 3. The van der Waals surface area contributed by atoms with Crippen LogP contribution >= 0.6 is 15.9 Å². The van der Waals surface area contributed by atoms with Gasteiger partial charge in [-0.2, -0.15) is 0 Å². The Balaban J connectivity index is 1.94. The third-order valence-corrected chi connectivity index (χ3v) is 6.84. The molecule has 2 fully saturated rings. The van der Waals surface area contributed by atoms with E-state index in [2.05, 4.69) is 21.2 Å². The van der Waals surface area contributed by atoms with Crippen LogP contribution in [0.3, 0.4) is 0 Å². The molecule has 10 heteroatoms. The van der Waals surface area contributed by atoms with Crippen molar-refractivity contribution >= 4 is 45.4 Å². The molecule has 0 aliphatic carbocycles. The molecule has 2 aromatic carbocycles. The van der Waals surface area contributed by atoms with Crippen molar-refractivity contribution in [3.05, 3.63) is 58.1 Å². The zero-order valence-corrected chi connectivity index (χ0v) is 19.3. The molecule has 172 valence electrons. The van der Waals surface area contributed by atoms with E-state index in [1.165, 1.54) is 7.11 Å². The SMILES string of the molecule is COc1ccc(Br)cc1C1NC(CC(=O)O)(C(=O)O)C2C(=O)N(c3ccccc3C)C(=O)C12. The number of amides is 2. The number of imide groups is 1. The van der Waals surface area contributed by atoms with Crippen LogP contribution in [0.4, 0.5) is 5.69 Å². The maximum atomic E-state index is 13.7. The predicted molar refractivity (Wildman–Crippen MR) is 120 cm³/mol. The molecule has 0 saturated carbocycles. The second-order valence-electron chi connectivity index (χ2n) is 8.16. The molecule has 2 aliphatic heterocycles. The van der Waals surface area contributed by atoms with Crippen LogP contribution in [-0.2, 0) is 19.2 Å². The highest BCUT2D eigenvalue weighted by molar-refractivity contribution is 9.10. The van der Waals surface area contributed by atoms with Gasteiger partial charge in [0, 0.05) is 16.1 Å². The highest BCUT2D eigenvalue weighted by Crippen LogP contribution is 2.52. The van der Waals surface area contributed by atoms with Crippen LogP contribution in [0.1, 0.15) is 23.6 Å². The summed E-state index contributed by atoms with van der Waals surface area (Å²) in [4.78, 5) is 52.5. The Hall–Kier alpha value is -3.24. The monoisotopic (exact) mass is 516 g/mol. The van der Waals surface area contributed by atoms with Crippen molar-refractivity contribution in [2.75, 3.05) is 12.0 Å². The number of hydrogen-bond acceptors (Lipinski definition) is 6. The number of ether oxygens (including phenoxy) is 1. The zero-order chi connectivity index (χ0) is 24.1. The van der Waals surface area contributed by atoms with Gasteiger partial charge in [-0.05, 0) is 36.8 Å². The van der Waals surface area contributed by atoms with E-state index in [4.69, 9.17) is 4.74 Å². The number of anilines is 1. The summed E-state index contributed by atoms with van der Waals surface area (Å²) in [6.07, 6.45) is -0.878. The number of nitrogens with zero attached hydrogens (tertiary/aromatic N) is 1. The number of benzene rings is 2. The van der Waals surface area contributed by atoms with Gasteiger partial charge >= 0.3 is 11.9 Å². The van der Waals surface area contributed by atoms with Crippen LogP contribution in [0.5, 0.6) is 5.75 Å². The van der Waals surface area contributed by atoms with Crippen molar-refractivity contribution in [3.8, 4) is 5.75 Å². The molecule has 0 bridgehead atoms. The van der Waals surface area contributed by atoms with Gasteiger partial charge in [0.15, 0.2) is 0 Å². The number of nitrogens with one attached hydrogen (secondary N) is 1. The lowest BCUT2D eigenvalue weighted by Crippen LogP contribution is -2.57. The summed E-state index contributed by atoms with van der Waals surface area (Å²) in [6, 6.07) is 10.8. The highest BCUT2D eigenvalue weighted by Gasteiger charge is 2.69. The number of rotatable bonds is 6. The van der Waals surface area contributed by atoms with E-state index in [1.54, 1.807) is 49.4 Å². The van der Waals surface area contributed by atoms with E-state index < -0.39 is 53.6 Å². The molecular weight excluding hydrogens is 496 g/mol. The van der Waals surface area contributed by atoms with E-state index in [0.717, 1.165) is 4.90 Å². The minimum Gasteiger partial charge on any atom is -0.496 e. The normalized spacial score (nSPS) is 26.4. The minimum absolute atomic E-state index is 0.344. The lowest BCUT2D eigenvalue weighted by atomic mass is 9.77. The number of fused-ring (bicyclic) bond motifs is 1. The van der Waals surface area contributed by atoms with E-state index >= 15 is 0 Å². The van der Waals surface area contributed by atoms with Gasteiger partial charge in [0.25, 0.3) is 0 Å². The van der Waals surface area contributed by atoms with Crippen molar-refractivity contribution in [1.82, 2.24) is 5.32 Å². The molecule has 2 aliphatic rings. The molecule has 33 heavy (non-hydrogen) atoms. The molecule has 9 nitrogen and oxygen atoms in total. The van der Waals surface area contributed by atoms with E-state index in [1.807, 2.05) is 0 Å². The quantitative estimate of drug-likeness (QED) is 0.498. The molecule has 2 amide bonds. The van der Waals surface area contributed by atoms with Gasteiger partial charge in [0.1, 0.15) is 11.3 Å². The molecule has 0 spiro atoms. The number of carboxylic acids is 2. The Morgan fingerprint density at radius 1 is 1.15 bits per heavy atom. The van der Waals surface area contributed by atoms with Crippen LogP contribution in [-0.4, -0.2) is 46.6 Å². The Bertz CT molecular complexity index is 1180. The average molecular weight is 517 g/mol. The van der Waals surface area contributed by atoms with Crippen molar-refractivity contribution in [2.45, 2.75) is 24.9 Å². The first-order valence-electron chi connectivity index (χ1n) is 10.1. The number of carbonyl (C=O) groups is 4. The van der Waals surface area contributed by atoms with Gasteiger partial charge in [-0.1, -0.05) is 34.1 Å². The van der Waals surface area contributed by atoms with Crippen LogP contribution in [0, 0.1) is 18.8 Å². The number of carboxylic acid groups (broad SMARTS) is 2. The lowest BCUT2D eigenvalue weighted by Gasteiger charge is -2.30. The largest absolute Gasteiger partial charge is 0.496 e. The maximum absolute atomic E-state index is 13.7. The maximum Gasteiger partial charge on any atom is 0.325 e. The van der Waals surface area contributed by atoms with Gasteiger partial charge in [-0.3, -0.25) is 24.5 Å². The van der Waals surface area contributed by atoms with Gasteiger partial charge in [-0.25, -0.2) is 4.90 Å². The molecule has 2 saturated heterocycles. The molecule has 2 aromatic rings. The number of carbonyl (C=O) groups excluding carboxylic acids is 2. The molecule has 2 heterocycles. The summed E-state index contributed by atoms with van der Waals surface area (Å²) in [5, 5.41) is 22.6. The molecule has 3 N–H and O–H groups in total.